The van der Waals surface area contributed by atoms with Crippen LogP contribution in [-0.4, -0.2) is 54.5 Å². The first-order valence-electron chi connectivity index (χ1n) is 8.85. The van der Waals surface area contributed by atoms with Crippen LogP contribution >= 0.6 is 11.6 Å². The molecule has 0 spiro atoms. The van der Waals surface area contributed by atoms with Crippen molar-refractivity contribution in [3.63, 3.8) is 0 Å². The third kappa shape index (κ3) is 5.20. The van der Waals surface area contributed by atoms with Gasteiger partial charge in [-0.25, -0.2) is 9.18 Å². The molecule has 0 unspecified atom stereocenters. The third-order valence-corrected chi connectivity index (χ3v) is 4.80. The van der Waals surface area contributed by atoms with Crippen molar-refractivity contribution in [3.05, 3.63) is 70.5 Å². The smallest absolute Gasteiger partial charge is 0.317 e. The summed E-state index contributed by atoms with van der Waals surface area (Å²) in [4.78, 5) is 28.2. The van der Waals surface area contributed by atoms with Gasteiger partial charge >= 0.3 is 6.03 Å². The average molecular weight is 390 g/mol. The molecule has 27 heavy (non-hydrogen) atoms. The number of hydrogen-bond donors (Lipinski definition) is 1. The van der Waals surface area contributed by atoms with Gasteiger partial charge in [0, 0.05) is 43.3 Å². The number of rotatable bonds is 4. The van der Waals surface area contributed by atoms with E-state index < -0.39 is 0 Å². The van der Waals surface area contributed by atoms with Crippen molar-refractivity contribution in [1.29, 1.82) is 0 Å². The van der Waals surface area contributed by atoms with Gasteiger partial charge in [0.1, 0.15) is 5.82 Å². The topological polar surface area (TPSA) is 52.7 Å². The fourth-order valence-corrected chi connectivity index (χ4v) is 3.09. The van der Waals surface area contributed by atoms with E-state index in [1.54, 1.807) is 46.2 Å². The SMILES string of the molecule is O=C(NCCc1ccc(F)cc1)N1CCN(C(=O)c2ccc(Cl)cc2)CC1. The summed E-state index contributed by atoms with van der Waals surface area (Å²) >= 11 is 5.85. The summed E-state index contributed by atoms with van der Waals surface area (Å²) in [7, 11) is 0. The van der Waals surface area contributed by atoms with Crippen molar-refractivity contribution >= 4 is 23.5 Å². The second-order valence-corrected chi connectivity index (χ2v) is 6.83. The largest absolute Gasteiger partial charge is 0.338 e. The number of urea groups is 1. The molecule has 1 heterocycles. The van der Waals surface area contributed by atoms with E-state index in [2.05, 4.69) is 5.32 Å². The molecule has 7 heteroatoms. The minimum Gasteiger partial charge on any atom is -0.338 e. The van der Waals surface area contributed by atoms with E-state index in [9.17, 15) is 14.0 Å². The van der Waals surface area contributed by atoms with Crippen molar-refractivity contribution < 1.29 is 14.0 Å². The zero-order valence-corrected chi connectivity index (χ0v) is 15.6. The monoisotopic (exact) mass is 389 g/mol. The van der Waals surface area contributed by atoms with E-state index in [1.165, 1.54) is 12.1 Å². The second-order valence-electron chi connectivity index (χ2n) is 6.39. The Hall–Kier alpha value is -2.60. The van der Waals surface area contributed by atoms with Gasteiger partial charge < -0.3 is 15.1 Å². The standard InChI is InChI=1S/C20H21ClFN3O2/c21-17-5-3-16(4-6-17)19(26)24-11-13-25(14-12-24)20(27)23-10-9-15-1-7-18(22)8-2-15/h1-8H,9-14H2,(H,23,27). The zero-order valence-electron chi connectivity index (χ0n) is 14.8. The summed E-state index contributed by atoms with van der Waals surface area (Å²) in [6, 6.07) is 12.9. The Kier molecular flexibility index (Phi) is 6.29. The molecular weight excluding hydrogens is 369 g/mol. The lowest BCUT2D eigenvalue weighted by atomic mass is 10.1. The van der Waals surface area contributed by atoms with Gasteiger partial charge in [0.15, 0.2) is 0 Å². The molecule has 1 N–H and O–H groups in total. The Labute approximate surface area is 162 Å². The summed E-state index contributed by atoms with van der Waals surface area (Å²) in [5, 5.41) is 3.46. The highest BCUT2D eigenvalue weighted by Crippen LogP contribution is 2.13. The van der Waals surface area contributed by atoms with Crippen molar-refractivity contribution in [2.75, 3.05) is 32.7 Å². The van der Waals surface area contributed by atoms with Gasteiger partial charge in [0.05, 0.1) is 0 Å². The molecule has 0 radical (unpaired) electrons. The first-order valence-corrected chi connectivity index (χ1v) is 9.23. The van der Waals surface area contributed by atoms with Gasteiger partial charge in [-0.15, -0.1) is 0 Å². The fraction of sp³-hybridized carbons (Fsp3) is 0.300. The molecule has 0 atom stereocenters. The van der Waals surface area contributed by atoms with E-state index in [4.69, 9.17) is 11.6 Å². The number of halogens is 2. The van der Waals surface area contributed by atoms with Crippen molar-refractivity contribution in [3.8, 4) is 0 Å². The molecule has 0 saturated carbocycles. The lowest BCUT2D eigenvalue weighted by Gasteiger charge is -2.34. The molecule has 1 aliphatic rings. The van der Waals surface area contributed by atoms with Crippen LogP contribution in [0.5, 0.6) is 0 Å². The molecule has 1 saturated heterocycles. The maximum absolute atomic E-state index is 12.9. The van der Waals surface area contributed by atoms with Gasteiger partial charge in [-0.1, -0.05) is 23.7 Å². The second kappa shape index (κ2) is 8.86. The number of piperazine rings is 1. The molecule has 3 rings (SSSR count). The maximum Gasteiger partial charge on any atom is 0.317 e. The van der Waals surface area contributed by atoms with Gasteiger partial charge in [0.2, 0.25) is 0 Å². The lowest BCUT2D eigenvalue weighted by molar-refractivity contribution is 0.0665. The molecular formula is C20H21ClFN3O2. The lowest BCUT2D eigenvalue weighted by Crippen LogP contribution is -2.53. The van der Waals surface area contributed by atoms with Crippen LogP contribution in [0.4, 0.5) is 9.18 Å². The zero-order chi connectivity index (χ0) is 19.2. The van der Waals surface area contributed by atoms with Gasteiger partial charge in [-0.05, 0) is 48.4 Å². The van der Waals surface area contributed by atoms with Crippen LogP contribution in [0.25, 0.3) is 0 Å². The Balaban J connectivity index is 1.42. The summed E-state index contributed by atoms with van der Waals surface area (Å²) < 4.78 is 12.9. The summed E-state index contributed by atoms with van der Waals surface area (Å²) in [6.07, 6.45) is 0.640. The first-order chi connectivity index (χ1) is 13.0. The quantitative estimate of drug-likeness (QED) is 0.873. The predicted molar refractivity (Wildman–Crippen MR) is 102 cm³/mol. The van der Waals surface area contributed by atoms with Crippen molar-refractivity contribution in [1.82, 2.24) is 15.1 Å². The van der Waals surface area contributed by atoms with Crippen LogP contribution < -0.4 is 5.32 Å². The summed E-state index contributed by atoms with van der Waals surface area (Å²) in [5.41, 5.74) is 1.56. The highest BCUT2D eigenvalue weighted by atomic mass is 35.5. The van der Waals surface area contributed by atoms with E-state index in [1.807, 2.05) is 0 Å². The molecule has 0 aromatic heterocycles. The van der Waals surface area contributed by atoms with Crippen LogP contribution in [0, 0.1) is 5.82 Å². The van der Waals surface area contributed by atoms with Gasteiger partial charge in [0.25, 0.3) is 5.91 Å². The molecule has 3 amide bonds. The maximum atomic E-state index is 12.9. The number of amides is 3. The van der Waals surface area contributed by atoms with Crippen LogP contribution in [-0.2, 0) is 6.42 Å². The Morgan fingerprint density at radius 3 is 2.15 bits per heavy atom. The number of nitrogens with zero attached hydrogens (tertiary/aromatic N) is 2. The number of hydrogen-bond acceptors (Lipinski definition) is 2. The summed E-state index contributed by atoms with van der Waals surface area (Å²) in [6.45, 7) is 2.44. The molecule has 2 aromatic rings. The average Bonchev–Trinajstić information content (AvgIpc) is 2.69. The Bertz CT molecular complexity index is 788. The van der Waals surface area contributed by atoms with Gasteiger partial charge in [-0.2, -0.15) is 0 Å². The fourth-order valence-electron chi connectivity index (χ4n) is 2.96. The number of carbonyl (C=O) groups excluding carboxylic acids is 2. The number of nitrogens with one attached hydrogen (secondary N) is 1. The third-order valence-electron chi connectivity index (χ3n) is 4.55. The van der Waals surface area contributed by atoms with E-state index >= 15 is 0 Å². The first kappa shape index (κ1) is 19.2. The van der Waals surface area contributed by atoms with Gasteiger partial charge in [-0.3, -0.25) is 4.79 Å². The van der Waals surface area contributed by atoms with E-state index in [0.29, 0.717) is 49.7 Å². The molecule has 0 aliphatic carbocycles. The molecule has 5 nitrogen and oxygen atoms in total. The minimum atomic E-state index is -0.270. The van der Waals surface area contributed by atoms with Crippen LogP contribution in [0.3, 0.4) is 0 Å². The molecule has 2 aromatic carbocycles. The van der Waals surface area contributed by atoms with Crippen LogP contribution in [0.1, 0.15) is 15.9 Å². The van der Waals surface area contributed by atoms with E-state index in [0.717, 1.165) is 5.56 Å². The van der Waals surface area contributed by atoms with E-state index in [-0.39, 0.29) is 17.8 Å². The highest BCUT2D eigenvalue weighted by Gasteiger charge is 2.24. The normalized spacial score (nSPS) is 14.1. The van der Waals surface area contributed by atoms with Crippen LogP contribution in [0.15, 0.2) is 48.5 Å². The van der Waals surface area contributed by atoms with Crippen LogP contribution in [0.2, 0.25) is 5.02 Å². The molecule has 0 bridgehead atoms. The highest BCUT2D eigenvalue weighted by molar-refractivity contribution is 6.30. The predicted octanol–water partition coefficient (Wildman–Crippen LogP) is 3.19. The molecule has 1 aliphatic heterocycles. The number of benzene rings is 2. The number of carbonyl (C=O) groups is 2. The Morgan fingerprint density at radius 1 is 0.926 bits per heavy atom. The molecule has 1 fully saturated rings. The van der Waals surface area contributed by atoms with Crippen molar-refractivity contribution in [2.45, 2.75) is 6.42 Å². The summed E-state index contributed by atoms with van der Waals surface area (Å²) in [5.74, 6) is -0.322. The minimum absolute atomic E-state index is 0.0527. The van der Waals surface area contributed by atoms with Crippen molar-refractivity contribution in [2.24, 2.45) is 0 Å². The Morgan fingerprint density at radius 2 is 1.52 bits per heavy atom. The molecule has 142 valence electrons.